The summed E-state index contributed by atoms with van der Waals surface area (Å²) in [6, 6.07) is 10.2. The van der Waals surface area contributed by atoms with Gasteiger partial charge in [-0.1, -0.05) is 51.1 Å². The molecule has 0 aliphatic heterocycles. The van der Waals surface area contributed by atoms with Gasteiger partial charge in [0.1, 0.15) is 0 Å². The predicted octanol–water partition coefficient (Wildman–Crippen LogP) is 2.46. The van der Waals surface area contributed by atoms with Crippen molar-refractivity contribution >= 4 is 0 Å². The minimum absolute atomic E-state index is 0.108. The molecule has 0 saturated heterocycles. The van der Waals surface area contributed by atoms with Crippen molar-refractivity contribution in [3.63, 3.8) is 0 Å². The monoisotopic (exact) mass is 278 g/mol. The van der Waals surface area contributed by atoms with Gasteiger partial charge in [0, 0.05) is 13.1 Å². The molecule has 2 N–H and O–H groups in total. The van der Waals surface area contributed by atoms with Crippen molar-refractivity contribution in [1.82, 2.24) is 10.2 Å². The van der Waals surface area contributed by atoms with Crippen LogP contribution in [0.3, 0.4) is 0 Å². The first kappa shape index (κ1) is 17.2. The second kappa shape index (κ2) is 7.21. The molecule has 1 aromatic carbocycles. The van der Waals surface area contributed by atoms with E-state index in [2.05, 4.69) is 50.2 Å². The van der Waals surface area contributed by atoms with E-state index >= 15 is 0 Å². The van der Waals surface area contributed by atoms with Crippen molar-refractivity contribution in [3.05, 3.63) is 35.9 Å². The Morgan fingerprint density at radius 3 is 2.20 bits per heavy atom. The van der Waals surface area contributed by atoms with Gasteiger partial charge in [-0.2, -0.15) is 0 Å². The molecule has 0 bridgehead atoms. The van der Waals surface area contributed by atoms with E-state index in [0.717, 1.165) is 25.1 Å². The van der Waals surface area contributed by atoms with Crippen LogP contribution in [0.15, 0.2) is 30.3 Å². The second-order valence-electron chi connectivity index (χ2n) is 6.90. The Hall–Kier alpha value is -0.900. The molecule has 0 amide bonds. The quantitative estimate of drug-likeness (QED) is 0.804. The standard InChI is InChI=1S/C17H30N2O/c1-16(2,3)13-19(5)12-11-17(14-20,18-4)15-9-7-6-8-10-15/h6-10,18,20H,11-14H2,1-5H3. The van der Waals surface area contributed by atoms with Crippen LogP contribution in [-0.4, -0.2) is 43.8 Å². The fourth-order valence-electron chi connectivity index (χ4n) is 2.69. The van der Waals surface area contributed by atoms with E-state index in [0.29, 0.717) is 5.41 Å². The Kier molecular flexibility index (Phi) is 6.18. The van der Waals surface area contributed by atoms with Gasteiger partial charge in [-0.3, -0.25) is 0 Å². The topological polar surface area (TPSA) is 35.5 Å². The minimum atomic E-state index is -0.354. The molecule has 0 fully saturated rings. The van der Waals surface area contributed by atoms with Crippen LogP contribution < -0.4 is 5.32 Å². The molecule has 0 aliphatic rings. The molecule has 1 rings (SSSR count). The van der Waals surface area contributed by atoms with E-state index in [1.165, 1.54) is 0 Å². The maximum Gasteiger partial charge on any atom is 0.0678 e. The third-order valence-electron chi connectivity index (χ3n) is 3.74. The van der Waals surface area contributed by atoms with Crippen LogP contribution in [0, 0.1) is 5.41 Å². The number of nitrogens with zero attached hydrogens (tertiary/aromatic N) is 1. The van der Waals surface area contributed by atoms with Gasteiger partial charge in [0.05, 0.1) is 12.1 Å². The van der Waals surface area contributed by atoms with E-state index in [-0.39, 0.29) is 12.1 Å². The van der Waals surface area contributed by atoms with Gasteiger partial charge in [-0.25, -0.2) is 0 Å². The van der Waals surface area contributed by atoms with Crippen LogP contribution in [0.5, 0.6) is 0 Å². The normalized spacial score (nSPS) is 15.3. The highest BCUT2D eigenvalue weighted by molar-refractivity contribution is 5.24. The van der Waals surface area contributed by atoms with Crippen LogP contribution in [0.2, 0.25) is 0 Å². The number of benzene rings is 1. The summed E-state index contributed by atoms with van der Waals surface area (Å²) < 4.78 is 0. The van der Waals surface area contributed by atoms with Crippen LogP contribution >= 0.6 is 0 Å². The first-order chi connectivity index (χ1) is 9.33. The van der Waals surface area contributed by atoms with Crippen molar-refractivity contribution in [2.75, 3.05) is 33.8 Å². The summed E-state index contributed by atoms with van der Waals surface area (Å²) in [6.07, 6.45) is 0.886. The summed E-state index contributed by atoms with van der Waals surface area (Å²) in [5, 5.41) is 13.2. The third-order valence-corrected chi connectivity index (χ3v) is 3.74. The molecule has 0 radical (unpaired) electrons. The van der Waals surface area contributed by atoms with Crippen molar-refractivity contribution < 1.29 is 5.11 Å². The number of aliphatic hydroxyl groups is 1. The molecule has 0 spiro atoms. The summed E-state index contributed by atoms with van der Waals surface area (Å²) in [6.45, 7) is 8.85. The highest BCUT2D eigenvalue weighted by Crippen LogP contribution is 2.25. The van der Waals surface area contributed by atoms with Crippen LogP contribution in [-0.2, 0) is 5.54 Å². The lowest BCUT2D eigenvalue weighted by Gasteiger charge is -2.35. The minimum Gasteiger partial charge on any atom is -0.394 e. The van der Waals surface area contributed by atoms with Gasteiger partial charge in [0.25, 0.3) is 0 Å². The number of aliphatic hydroxyl groups excluding tert-OH is 1. The zero-order valence-electron chi connectivity index (χ0n) is 13.6. The van der Waals surface area contributed by atoms with E-state index < -0.39 is 0 Å². The lowest BCUT2D eigenvalue weighted by Crippen LogP contribution is -2.46. The zero-order chi connectivity index (χ0) is 15.2. The molecular weight excluding hydrogens is 248 g/mol. The number of likely N-dealkylation sites (N-methyl/N-ethyl adjacent to an activating group) is 1. The van der Waals surface area contributed by atoms with Crippen molar-refractivity contribution in [1.29, 1.82) is 0 Å². The Morgan fingerprint density at radius 1 is 1.15 bits per heavy atom. The predicted molar refractivity (Wildman–Crippen MR) is 85.8 cm³/mol. The summed E-state index contributed by atoms with van der Waals surface area (Å²) in [5.74, 6) is 0. The lowest BCUT2D eigenvalue weighted by atomic mass is 9.87. The Labute approximate surface area is 124 Å². The smallest absolute Gasteiger partial charge is 0.0678 e. The Bertz CT molecular complexity index is 380. The molecule has 114 valence electrons. The molecule has 0 aliphatic carbocycles. The fraction of sp³-hybridized carbons (Fsp3) is 0.647. The van der Waals surface area contributed by atoms with Gasteiger partial charge in [0.2, 0.25) is 0 Å². The molecule has 1 atom stereocenters. The van der Waals surface area contributed by atoms with Crippen molar-refractivity contribution in [2.45, 2.75) is 32.7 Å². The summed E-state index contributed by atoms with van der Waals surface area (Å²) in [4.78, 5) is 2.34. The lowest BCUT2D eigenvalue weighted by molar-refractivity contribution is 0.135. The van der Waals surface area contributed by atoms with Gasteiger partial charge in [-0.15, -0.1) is 0 Å². The molecule has 0 saturated carbocycles. The zero-order valence-corrected chi connectivity index (χ0v) is 13.6. The average Bonchev–Trinajstić information content (AvgIpc) is 2.40. The number of hydrogen-bond acceptors (Lipinski definition) is 3. The largest absolute Gasteiger partial charge is 0.394 e. The number of rotatable bonds is 7. The van der Waals surface area contributed by atoms with Crippen molar-refractivity contribution in [3.8, 4) is 0 Å². The average molecular weight is 278 g/mol. The summed E-state index contributed by atoms with van der Waals surface area (Å²) in [7, 11) is 4.07. The molecular formula is C17H30N2O. The van der Waals surface area contributed by atoms with Crippen LogP contribution in [0.4, 0.5) is 0 Å². The number of nitrogens with one attached hydrogen (secondary N) is 1. The number of hydrogen-bond donors (Lipinski definition) is 2. The van der Waals surface area contributed by atoms with Gasteiger partial charge in [0.15, 0.2) is 0 Å². The highest BCUT2D eigenvalue weighted by Gasteiger charge is 2.29. The van der Waals surface area contributed by atoms with Gasteiger partial charge >= 0.3 is 0 Å². The maximum absolute atomic E-state index is 9.89. The molecule has 3 nitrogen and oxygen atoms in total. The Morgan fingerprint density at radius 2 is 1.75 bits per heavy atom. The van der Waals surface area contributed by atoms with Crippen LogP contribution in [0.1, 0.15) is 32.8 Å². The highest BCUT2D eigenvalue weighted by atomic mass is 16.3. The molecule has 20 heavy (non-hydrogen) atoms. The first-order valence-corrected chi connectivity index (χ1v) is 7.37. The molecule has 3 heteroatoms. The summed E-state index contributed by atoms with van der Waals surface area (Å²) >= 11 is 0. The Balaban J connectivity index is 2.73. The van der Waals surface area contributed by atoms with E-state index in [9.17, 15) is 5.11 Å². The second-order valence-corrected chi connectivity index (χ2v) is 6.90. The van der Waals surface area contributed by atoms with Crippen LogP contribution in [0.25, 0.3) is 0 Å². The van der Waals surface area contributed by atoms with E-state index in [4.69, 9.17) is 0 Å². The SMILES string of the molecule is CNC(CO)(CCN(C)CC(C)(C)C)c1ccccc1. The molecule has 1 unspecified atom stereocenters. The van der Waals surface area contributed by atoms with Gasteiger partial charge in [-0.05, 0) is 31.5 Å². The maximum atomic E-state index is 9.89. The van der Waals surface area contributed by atoms with Crippen molar-refractivity contribution in [2.24, 2.45) is 5.41 Å². The molecule has 0 aromatic heterocycles. The van der Waals surface area contributed by atoms with E-state index in [1.807, 2.05) is 25.2 Å². The summed E-state index contributed by atoms with van der Waals surface area (Å²) in [5.41, 5.74) is 1.09. The van der Waals surface area contributed by atoms with Gasteiger partial charge < -0.3 is 15.3 Å². The third kappa shape index (κ3) is 4.89. The van der Waals surface area contributed by atoms with E-state index in [1.54, 1.807) is 0 Å². The first-order valence-electron chi connectivity index (χ1n) is 7.37. The molecule has 0 heterocycles. The molecule has 1 aromatic rings. The fourth-order valence-corrected chi connectivity index (χ4v) is 2.69.